The van der Waals surface area contributed by atoms with E-state index in [1.165, 1.54) is 24.4 Å². The summed E-state index contributed by atoms with van der Waals surface area (Å²) in [6.07, 6.45) is 3.54. The maximum Gasteiger partial charge on any atom is 0.167 e. The number of aliphatic hydroxyl groups excluding tert-OH is 1. The number of hydrogen-bond acceptors (Lipinski definition) is 5. The lowest BCUT2D eigenvalue weighted by molar-refractivity contribution is -0.0829. The minimum absolute atomic E-state index is 0.0869. The number of nitrogens with zero attached hydrogens (tertiary/aromatic N) is 2. The van der Waals surface area contributed by atoms with Gasteiger partial charge in [-0.3, -0.25) is 4.98 Å². The quantitative estimate of drug-likeness (QED) is 0.474. The maximum atomic E-state index is 11.7. The summed E-state index contributed by atoms with van der Waals surface area (Å²) in [7, 11) is 3.80. The number of pyridine rings is 1. The predicted molar refractivity (Wildman–Crippen MR) is 120 cm³/mol. The summed E-state index contributed by atoms with van der Waals surface area (Å²) in [5, 5.41) is 33.8. The van der Waals surface area contributed by atoms with Gasteiger partial charge in [0, 0.05) is 29.2 Å². The zero-order valence-corrected chi connectivity index (χ0v) is 18.8. The van der Waals surface area contributed by atoms with E-state index in [9.17, 15) is 15.3 Å². The first-order valence-corrected chi connectivity index (χ1v) is 10.3. The Hall–Kier alpha value is -1.70. The minimum Gasteiger partial charge on any atom is -0.506 e. The highest BCUT2D eigenvalue weighted by atomic mass is 79.9. The molecule has 2 aromatic rings. The highest BCUT2D eigenvalue weighted by Gasteiger charge is 2.47. The van der Waals surface area contributed by atoms with Crippen molar-refractivity contribution in [1.29, 1.82) is 0 Å². The molecular formula is C22H26BrClN2O3. The van der Waals surface area contributed by atoms with E-state index in [0.29, 0.717) is 13.0 Å². The van der Waals surface area contributed by atoms with Gasteiger partial charge >= 0.3 is 0 Å². The van der Waals surface area contributed by atoms with Gasteiger partial charge in [-0.1, -0.05) is 70.5 Å². The molecule has 29 heavy (non-hydrogen) atoms. The van der Waals surface area contributed by atoms with Crippen LogP contribution in [-0.2, 0) is 12.0 Å². The highest BCUT2D eigenvalue weighted by molar-refractivity contribution is 9.11. The topological polar surface area (TPSA) is 76.8 Å². The number of allylic oxidation sites excluding steroid dienone is 2. The Morgan fingerprint density at radius 2 is 2.00 bits per heavy atom. The van der Waals surface area contributed by atoms with Crippen LogP contribution in [0.3, 0.4) is 0 Å². The van der Waals surface area contributed by atoms with E-state index in [-0.39, 0.29) is 26.9 Å². The van der Waals surface area contributed by atoms with Gasteiger partial charge in [0.05, 0.1) is 11.1 Å². The molecule has 1 aromatic carbocycles. The first kappa shape index (κ1) is 23.6. The number of benzene rings is 1. The van der Waals surface area contributed by atoms with Gasteiger partial charge in [0.15, 0.2) is 5.60 Å². The molecule has 156 valence electrons. The second-order valence-electron chi connectivity index (χ2n) is 7.19. The molecule has 0 saturated heterocycles. The van der Waals surface area contributed by atoms with Crippen LogP contribution >= 0.6 is 27.5 Å². The summed E-state index contributed by atoms with van der Waals surface area (Å²) < 4.78 is 0.231. The third-order valence-corrected chi connectivity index (χ3v) is 5.71. The summed E-state index contributed by atoms with van der Waals surface area (Å²) in [5.41, 5.74) is -1.06. The summed E-state index contributed by atoms with van der Waals surface area (Å²) in [6, 6.07) is 11.0. The molecule has 0 saturated carbocycles. The number of halogens is 2. The van der Waals surface area contributed by atoms with Crippen LogP contribution in [0.2, 0.25) is 5.02 Å². The summed E-state index contributed by atoms with van der Waals surface area (Å²) >= 11 is 9.26. The molecular weight excluding hydrogens is 456 g/mol. The van der Waals surface area contributed by atoms with Crippen molar-refractivity contribution in [1.82, 2.24) is 9.88 Å². The lowest BCUT2D eigenvalue weighted by atomic mass is 9.80. The van der Waals surface area contributed by atoms with Crippen LogP contribution in [0.15, 0.2) is 65.8 Å². The van der Waals surface area contributed by atoms with E-state index < -0.39 is 11.7 Å². The summed E-state index contributed by atoms with van der Waals surface area (Å²) in [4.78, 5) is 6.07. The largest absolute Gasteiger partial charge is 0.506 e. The molecule has 0 bridgehead atoms. The second kappa shape index (κ2) is 10.4. The number of aromatic nitrogens is 1. The first-order chi connectivity index (χ1) is 13.7. The second-order valence-corrected chi connectivity index (χ2v) is 8.49. The molecule has 0 aliphatic rings. The molecule has 0 radical (unpaired) electrons. The maximum absolute atomic E-state index is 11.7. The van der Waals surface area contributed by atoms with Crippen LogP contribution in [0.25, 0.3) is 0 Å². The molecule has 1 aromatic heterocycles. The Morgan fingerprint density at radius 3 is 2.55 bits per heavy atom. The Labute approximate surface area is 185 Å². The smallest absolute Gasteiger partial charge is 0.167 e. The Balaban J connectivity index is 2.56. The van der Waals surface area contributed by atoms with Crippen molar-refractivity contribution in [2.45, 2.75) is 18.1 Å². The van der Waals surface area contributed by atoms with E-state index in [0.717, 1.165) is 5.56 Å². The normalized spacial score (nSPS) is 16.3. The van der Waals surface area contributed by atoms with E-state index in [1.54, 1.807) is 0 Å². The fourth-order valence-corrected chi connectivity index (χ4v) is 4.11. The van der Waals surface area contributed by atoms with Crippen LogP contribution < -0.4 is 0 Å². The predicted octanol–water partition coefficient (Wildman–Crippen LogP) is 3.87. The van der Waals surface area contributed by atoms with Crippen molar-refractivity contribution in [2.75, 3.05) is 20.6 Å². The monoisotopic (exact) mass is 480 g/mol. The summed E-state index contributed by atoms with van der Waals surface area (Å²) in [5.74, 6) is -0.684. The average molecular weight is 482 g/mol. The van der Waals surface area contributed by atoms with E-state index >= 15 is 0 Å². The van der Waals surface area contributed by atoms with Crippen LogP contribution in [0.4, 0.5) is 0 Å². The van der Waals surface area contributed by atoms with Gasteiger partial charge in [-0.2, -0.15) is 0 Å². The van der Waals surface area contributed by atoms with E-state index in [4.69, 9.17) is 11.6 Å². The molecule has 1 heterocycles. The fourth-order valence-electron chi connectivity index (χ4n) is 3.35. The lowest BCUT2D eigenvalue weighted by Crippen LogP contribution is -2.48. The molecule has 2 rings (SSSR count). The van der Waals surface area contributed by atoms with E-state index in [2.05, 4.69) is 27.5 Å². The Bertz CT molecular complexity index is 860. The highest BCUT2D eigenvalue weighted by Crippen LogP contribution is 2.43. The molecule has 0 aliphatic heterocycles. The summed E-state index contributed by atoms with van der Waals surface area (Å²) in [6.45, 7) is 4.15. The fraction of sp³-hybridized carbons (Fsp3) is 0.318. The molecule has 3 N–H and O–H groups in total. The molecule has 0 fully saturated rings. The van der Waals surface area contributed by atoms with Gasteiger partial charge in [-0.05, 0) is 32.2 Å². The van der Waals surface area contributed by atoms with Crippen LogP contribution in [0.1, 0.15) is 11.3 Å². The number of aromatic hydroxyl groups is 1. The van der Waals surface area contributed by atoms with Crippen molar-refractivity contribution in [2.24, 2.45) is 5.92 Å². The van der Waals surface area contributed by atoms with Crippen molar-refractivity contribution < 1.29 is 15.3 Å². The van der Waals surface area contributed by atoms with Gasteiger partial charge in [-0.25, -0.2) is 0 Å². The Kier molecular flexibility index (Phi) is 8.43. The first-order valence-electron chi connectivity index (χ1n) is 9.12. The number of aliphatic hydroxyl groups is 2. The van der Waals surface area contributed by atoms with Crippen LogP contribution in [0.5, 0.6) is 5.75 Å². The van der Waals surface area contributed by atoms with Crippen molar-refractivity contribution in [3.8, 4) is 5.75 Å². The van der Waals surface area contributed by atoms with Gasteiger partial charge in [0.2, 0.25) is 0 Å². The molecule has 0 spiro atoms. The van der Waals surface area contributed by atoms with Gasteiger partial charge in [0.1, 0.15) is 11.4 Å². The zero-order valence-electron chi connectivity index (χ0n) is 16.5. The average Bonchev–Trinajstić information content (AvgIpc) is 2.67. The van der Waals surface area contributed by atoms with Crippen LogP contribution in [0, 0.1) is 5.92 Å². The molecule has 3 atom stereocenters. The SMILES string of the molecule is C=C/C=C(/Br)C(O)(c1ncc(Cl)cc1O)[C@H](O)[C@@H](Cc1ccccc1)CN(C)C. The van der Waals surface area contributed by atoms with Crippen LogP contribution in [-0.4, -0.2) is 51.9 Å². The lowest BCUT2D eigenvalue weighted by Gasteiger charge is -2.38. The molecule has 0 aliphatic carbocycles. The van der Waals surface area contributed by atoms with E-state index in [1.807, 2.05) is 49.3 Å². The van der Waals surface area contributed by atoms with Crippen molar-refractivity contribution in [3.63, 3.8) is 0 Å². The third-order valence-electron chi connectivity index (χ3n) is 4.64. The minimum atomic E-state index is -2.00. The van der Waals surface area contributed by atoms with Gasteiger partial charge in [0.25, 0.3) is 0 Å². The standard InChI is InChI=1S/C22H26BrClN2O3/c1-4-8-19(23)22(29,20-18(27)12-17(24)13-25-20)21(28)16(14-26(2)3)11-15-9-6-5-7-10-15/h4-10,12-13,16,21,27-29H,1,11,14H2,2-3H3/b19-8+/t16-,21+,22?/m0/s1. The third kappa shape index (κ3) is 5.68. The molecule has 7 heteroatoms. The Morgan fingerprint density at radius 1 is 1.34 bits per heavy atom. The van der Waals surface area contributed by atoms with Crippen molar-refractivity contribution >= 4 is 27.5 Å². The number of hydrogen-bond donors (Lipinski definition) is 3. The zero-order chi connectivity index (χ0) is 21.6. The van der Waals surface area contributed by atoms with Gasteiger partial charge < -0.3 is 20.2 Å². The molecule has 5 nitrogen and oxygen atoms in total. The molecule has 1 unspecified atom stereocenters. The van der Waals surface area contributed by atoms with Gasteiger partial charge in [-0.15, -0.1) is 0 Å². The molecule has 0 amide bonds. The number of rotatable bonds is 9. The van der Waals surface area contributed by atoms with Crippen molar-refractivity contribution in [3.05, 3.63) is 82.1 Å².